The summed E-state index contributed by atoms with van der Waals surface area (Å²) in [5, 5.41) is 0. The lowest BCUT2D eigenvalue weighted by Gasteiger charge is -2.35. The Bertz CT molecular complexity index is 323. The van der Waals surface area contributed by atoms with Crippen molar-refractivity contribution in [2.75, 3.05) is 0 Å². The molecule has 1 aliphatic rings. The Morgan fingerprint density at radius 1 is 1.19 bits per heavy atom. The van der Waals surface area contributed by atoms with Crippen molar-refractivity contribution in [3.63, 3.8) is 0 Å². The Hall–Kier alpha value is -0.890. The summed E-state index contributed by atoms with van der Waals surface area (Å²) in [7, 11) is 0. The number of hydrogen-bond acceptors (Lipinski definition) is 2. The van der Waals surface area contributed by atoms with E-state index in [1.165, 1.54) is 24.8 Å². The van der Waals surface area contributed by atoms with E-state index in [1.54, 1.807) is 0 Å². The predicted octanol–water partition coefficient (Wildman–Crippen LogP) is 3.15. The summed E-state index contributed by atoms with van der Waals surface area (Å²) in [5.74, 6) is 2.32. The first kappa shape index (κ1) is 11.6. The van der Waals surface area contributed by atoms with Gasteiger partial charge in [0.1, 0.15) is 0 Å². The number of aromatic nitrogens is 1. The van der Waals surface area contributed by atoms with Crippen LogP contribution in [0.1, 0.15) is 44.7 Å². The molecule has 0 bridgehead atoms. The van der Waals surface area contributed by atoms with Gasteiger partial charge < -0.3 is 5.73 Å². The molecule has 2 heteroatoms. The van der Waals surface area contributed by atoms with Crippen LogP contribution in [-0.2, 0) is 0 Å². The molecule has 1 aromatic heterocycles. The van der Waals surface area contributed by atoms with Gasteiger partial charge in [0, 0.05) is 18.4 Å². The van der Waals surface area contributed by atoms with E-state index in [-0.39, 0.29) is 6.04 Å². The highest BCUT2D eigenvalue weighted by molar-refractivity contribution is 5.15. The largest absolute Gasteiger partial charge is 0.324 e. The van der Waals surface area contributed by atoms with E-state index >= 15 is 0 Å². The van der Waals surface area contributed by atoms with Gasteiger partial charge in [0.2, 0.25) is 0 Å². The van der Waals surface area contributed by atoms with Crippen LogP contribution in [0.2, 0.25) is 0 Å². The van der Waals surface area contributed by atoms with Gasteiger partial charge in [-0.1, -0.05) is 20.3 Å². The fraction of sp³-hybridized carbons (Fsp3) is 0.643. The second-order valence-corrected chi connectivity index (χ2v) is 5.33. The molecule has 0 aliphatic heterocycles. The summed E-state index contributed by atoms with van der Waals surface area (Å²) in [6.45, 7) is 4.72. The molecular weight excluding hydrogens is 196 g/mol. The lowest BCUT2D eigenvalue weighted by Crippen LogP contribution is -2.29. The standard InChI is InChI=1S/C14H22N2/c1-10-3-4-13(9-11(10)2)14(15)12-5-7-16-8-6-12/h5-8,10-11,13-14H,3-4,9,15H2,1-2H3. The third kappa shape index (κ3) is 2.43. The van der Waals surface area contributed by atoms with Crippen LogP contribution in [0, 0.1) is 17.8 Å². The van der Waals surface area contributed by atoms with Crippen LogP contribution in [0.15, 0.2) is 24.5 Å². The molecule has 1 heterocycles. The third-order valence-corrected chi connectivity index (χ3v) is 4.24. The summed E-state index contributed by atoms with van der Waals surface area (Å²) >= 11 is 0. The molecule has 2 nitrogen and oxygen atoms in total. The summed E-state index contributed by atoms with van der Waals surface area (Å²) in [6.07, 6.45) is 7.54. The highest BCUT2D eigenvalue weighted by atomic mass is 14.7. The Morgan fingerprint density at radius 3 is 2.50 bits per heavy atom. The second-order valence-electron chi connectivity index (χ2n) is 5.33. The molecule has 0 aromatic carbocycles. The quantitative estimate of drug-likeness (QED) is 0.828. The number of nitrogens with zero attached hydrogens (tertiary/aromatic N) is 1. The number of hydrogen-bond donors (Lipinski definition) is 1. The maximum absolute atomic E-state index is 6.35. The van der Waals surface area contributed by atoms with E-state index in [2.05, 4.69) is 18.8 Å². The maximum Gasteiger partial charge on any atom is 0.0324 e. The van der Waals surface area contributed by atoms with E-state index in [0.29, 0.717) is 5.92 Å². The van der Waals surface area contributed by atoms with Gasteiger partial charge in [0.25, 0.3) is 0 Å². The van der Waals surface area contributed by atoms with Crippen LogP contribution in [0.25, 0.3) is 0 Å². The lowest BCUT2D eigenvalue weighted by atomic mass is 9.72. The highest BCUT2D eigenvalue weighted by Crippen LogP contribution is 2.38. The van der Waals surface area contributed by atoms with E-state index in [9.17, 15) is 0 Å². The molecule has 1 aliphatic carbocycles. The van der Waals surface area contributed by atoms with Crippen molar-refractivity contribution in [2.24, 2.45) is 23.5 Å². The summed E-state index contributed by atoms with van der Waals surface area (Å²) in [4.78, 5) is 4.04. The second kappa shape index (κ2) is 4.96. The molecule has 16 heavy (non-hydrogen) atoms. The fourth-order valence-electron chi connectivity index (χ4n) is 2.77. The molecule has 1 fully saturated rings. The van der Waals surface area contributed by atoms with E-state index in [0.717, 1.165) is 11.8 Å². The topological polar surface area (TPSA) is 38.9 Å². The molecule has 1 saturated carbocycles. The summed E-state index contributed by atoms with van der Waals surface area (Å²) < 4.78 is 0. The molecule has 0 radical (unpaired) electrons. The predicted molar refractivity (Wildman–Crippen MR) is 66.8 cm³/mol. The Kier molecular flexibility index (Phi) is 3.59. The smallest absolute Gasteiger partial charge is 0.0324 e. The van der Waals surface area contributed by atoms with Crippen LogP contribution in [0.3, 0.4) is 0 Å². The van der Waals surface area contributed by atoms with Crippen molar-refractivity contribution >= 4 is 0 Å². The van der Waals surface area contributed by atoms with Gasteiger partial charge in [-0.15, -0.1) is 0 Å². The molecule has 2 rings (SSSR count). The van der Waals surface area contributed by atoms with Gasteiger partial charge in [0.05, 0.1) is 0 Å². The monoisotopic (exact) mass is 218 g/mol. The molecule has 4 atom stereocenters. The molecule has 2 N–H and O–H groups in total. The van der Waals surface area contributed by atoms with Crippen molar-refractivity contribution in [1.29, 1.82) is 0 Å². The molecule has 0 spiro atoms. The van der Waals surface area contributed by atoms with Crippen LogP contribution in [0.4, 0.5) is 0 Å². The van der Waals surface area contributed by atoms with Gasteiger partial charge in [-0.05, 0) is 48.3 Å². The van der Waals surface area contributed by atoms with Crippen LogP contribution in [0.5, 0.6) is 0 Å². The van der Waals surface area contributed by atoms with Gasteiger partial charge >= 0.3 is 0 Å². The third-order valence-electron chi connectivity index (χ3n) is 4.24. The molecule has 0 amide bonds. The Labute approximate surface area is 98.3 Å². The average Bonchev–Trinajstić information content (AvgIpc) is 2.33. The molecule has 4 unspecified atom stereocenters. The zero-order valence-electron chi connectivity index (χ0n) is 10.3. The molecule has 0 saturated heterocycles. The van der Waals surface area contributed by atoms with Crippen molar-refractivity contribution in [2.45, 2.75) is 39.2 Å². The minimum atomic E-state index is 0.193. The highest BCUT2D eigenvalue weighted by Gasteiger charge is 2.28. The fourth-order valence-corrected chi connectivity index (χ4v) is 2.77. The first-order valence-corrected chi connectivity index (χ1v) is 6.34. The van der Waals surface area contributed by atoms with Gasteiger partial charge in [-0.2, -0.15) is 0 Å². The first-order valence-electron chi connectivity index (χ1n) is 6.34. The minimum Gasteiger partial charge on any atom is -0.324 e. The van der Waals surface area contributed by atoms with Crippen molar-refractivity contribution < 1.29 is 0 Å². The summed E-state index contributed by atoms with van der Waals surface area (Å²) in [6, 6.07) is 4.29. The number of pyridine rings is 1. The van der Waals surface area contributed by atoms with Gasteiger partial charge in [0.15, 0.2) is 0 Å². The Morgan fingerprint density at radius 2 is 1.88 bits per heavy atom. The van der Waals surface area contributed by atoms with E-state index < -0.39 is 0 Å². The van der Waals surface area contributed by atoms with E-state index in [4.69, 9.17) is 5.73 Å². The molecular formula is C14H22N2. The average molecular weight is 218 g/mol. The van der Waals surface area contributed by atoms with Crippen LogP contribution in [-0.4, -0.2) is 4.98 Å². The Balaban J connectivity index is 2.03. The van der Waals surface area contributed by atoms with Crippen LogP contribution >= 0.6 is 0 Å². The van der Waals surface area contributed by atoms with E-state index in [1.807, 2.05) is 24.5 Å². The van der Waals surface area contributed by atoms with Crippen LogP contribution < -0.4 is 5.73 Å². The van der Waals surface area contributed by atoms with Crippen molar-refractivity contribution in [3.8, 4) is 0 Å². The zero-order chi connectivity index (χ0) is 11.5. The zero-order valence-corrected chi connectivity index (χ0v) is 10.3. The lowest BCUT2D eigenvalue weighted by molar-refractivity contribution is 0.186. The van der Waals surface area contributed by atoms with Gasteiger partial charge in [-0.25, -0.2) is 0 Å². The van der Waals surface area contributed by atoms with Gasteiger partial charge in [-0.3, -0.25) is 4.98 Å². The first-order chi connectivity index (χ1) is 7.68. The molecule has 1 aromatic rings. The number of rotatable bonds is 2. The van der Waals surface area contributed by atoms with Crippen molar-refractivity contribution in [1.82, 2.24) is 4.98 Å². The SMILES string of the molecule is CC1CCC(C(N)c2ccncc2)CC1C. The normalized spacial score (nSPS) is 32.3. The minimum absolute atomic E-state index is 0.193. The number of nitrogens with two attached hydrogens (primary N) is 1. The molecule has 88 valence electrons. The maximum atomic E-state index is 6.35. The van der Waals surface area contributed by atoms with Crippen molar-refractivity contribution in [3.05, 3.63) is 30.1 Å². The summed E-state index contributed by atoms with van der Waals surface area (Å²) in [5.41, 5.74) is 7.59.